The number of hydroxylamine groups is 2. The highest BCUT2D eigenvalue weighted by atomic mass is 16.7. The van der Waals surface area contributed by atoms with E-state index in [0.717, 1.165) is 19.3 Å². The Balaban J connectivity index is 1.48. The molecule has 0 unspecified atom stereocenters. The van der Waals surface area contributed by atoms with E-state index >= 15 is 0 Å². The summed E-state index contributed by atoms with van der Waals surface area (Å²) in [5.74, 6) is -1.56. The van der Waals surface area contributed by atoms with Crippen LogP contribution in [0.25, 0.3) is 0 Å². The molecule has 5 heteroatoms. The first kappa shape index (κ1) is 14.4. The molecule has 5 nitrogen and oxygen atoms in total. The number of imide groups is 1. The molecular formula is C18H19NO4. The number of benzene rings is 1. The first-order valence-electron chi connectivity index (χ1n) is 7.89. The van der Waals surface area contributed by atoms with Gasteiger partial charge in [0.2, 0.25) is 0 Å². The van der Waals surface area contributed by atoms with Crippen molar-refractivity contribution in [3.05, 3.63) is 35.4 Å². The van der Waals surface area contributed by atoms with Gasteiger partial charge in [0, 0.05) is 0 Å². The molecule has 0 radical (unpaired) electrons. The molecule has 4 aliphatic rings. The van der Waals surface area contributed by atoms with Crippen molar-refractivity contribution in [1.29, 1.82) is 0 Å². The molecule has 23 heavy (non-hydrogen) atoms. The SMILES string of the molecule is CC(C)(C)C12CC(C(=O)ON3C(=O)c4ccccc4C3=O)(C1)C2. The number of amides is 2. The minimum absolute atomic E-state index is 0.157. The van der Waals surface area contributed by atoms with Crippen LogP contribution < -0.4 is 0 Å². The van der Waals surface area contributed by atoms with Crippen molar-refractivity contribution in [3.63, 3.8) is 0 Å². The highest BCUT2D eigenvalue weighted by Crippen LogP contribution is 2.79. The summed E-state index contributed by atoms with van der Waals surface area (Å²) in [5, 5.41) is 0.622. The fourth-order valence-corrected chi connectivity index (χ4v) is 4.23. The van der Waals surface area contributed by atoms with E-state index in [1.165, 1.54) is 0 Å². The molecule has 0 atom stereocenters. The van der Waals surface area contributed by atoms with Crippen LogP contribution in [0.1, 0.15) is 60.7 Å². The van der Waals surface area contributed by atoms with E-state index < -0.39 is 23.2 Å². The Kier molecular flexibility index (Phi) is 2.52. The summed E-state index contributed by atoms with van der Waals surface area (Å²) in [6, 6.07) is 6.51. The summed E-state index contributed by atoms with van der Waals surface area (Å²) in [6.45, 7) is 6.56. The number of hydrogen-bond donors (Lipinski definition) is 0. The Morgan fingerprint density at radius 2 is 1.52 bits per heavy atom. The van der Waals surface area contributed by atoms with Crippen LogP contribution in [0, 0.1) is 16.2 Å². The molecule has 0 saturated heterocycles. The van der Waals surface area contributed by atoms with E-state index in [2.05, 4.69) is 20.8 Å². The first-order chi connectivity index (χ1) is 10.7. The molecule has 3 fully saturated rings. The van der Waals surface area contributed by atoms with Crippen LogP contribution in [-0.2, 0) is 9.63 Å². The zero-order valence-corrected chi connectivity index (χ0v) is 13.5. The largest absolute Gasteiger partial charge is 0.339 e. The van der Waals surface area contributed by atoms with E-state index in [0.29, 0.717) is 5.06 Å². The van der Waals surface area contributed by atoms with Crippen molar-refractivity contribution in [2.45, 2.75) is 40.0 Å². The maximum Gasteiger partial charge on any atom is 0.339 e. The maximum atomic E-state index is 12.5. The molecule has 3 saturated carbocycles. The van der Waals surface area contributed by atoms with E-state index in [1.807, 2.05) is 0 Å². The lowest BCUT2D eigenvalue weighted by atomic mass is 9.29. The average molecular weight is 313 g/mol. The van der Waals surface area contributed by atoms with Crippen molar-refractivity contribution in [1.82, 2.24) is 5.06 Å². The fourth-order valence-electron chi connectivity index (χ4n) is 4.23. The van der Waals surface area contributed by atoms with E-state index in [4.69, 9.17) is 4.84 Å². The molecule has 3 aliphatic carbocycles. The molecule has 0 aromatic heterocycles. The Hall–Kier alpha value is -2.17. The predicted octanol–water partition coefficient (Wildman–Crippen LogP) is 2.96. The van der Waals surface area contributed by atoms with E-state index in [1.54, 1.807) is 24.3 Å². The smallest absolute Gasteiger partial charge is 0.329 e. The minimum atomic E-state index is -0.559. The van der Waals surface area contributed by atoms with Crippen LogP contribution in [-0.4, -0.2) is 22.8 Å². The summed E-state index contributed by atoms with van der Waals surface area (Å²) in [7, 11) is 0. The van der Waals surface area contributed by atoms with Gasteiger partial charge >= 0.3 is 5.97 Å². The summed E-state index contributed by atoms with van der Waals surface area (Å²) in [4.78, 5) is 42.2. The minimum Gasteiger partial charge on any atom is -0.329 e. The summed E-state index contributed by atoms with van der Waals surface area (Å²) in [6.07, 6.45) is 2.35. The first-order valence-corrected chi connectivity index (χ1v) is 7.89. The Bertz CT molecular complexity index is 704. The predicted molar refractivity (Wildman–Crippen MR) is 81.2 cm³/mol. The van der Waals surface area contributed by atoms with Crippen LogP contribution >= 0.6 is 0 Å². The number of carbonyl (C=O) groups is 3. The number of nitrogens with zero attached hydrogens (tertiary/aromatic N) is 1. The summed E-state index contributed by atoms with van der Waals surface area (Å²) < 4.78 is 0. The monoisotopic (exact) mass is 313 g/mol. The highest BCUT2D eigenvalue weighted by molar-refractivity contribution is 6.21. The lowest BCUT2D eigenvalue weighted by Gasteiger charge is -2.73. The topological polar surface area (TPSA) is 63.7 Å². The second-order valence-electron chi connectivity index (χ2n) is 8.17. The Morgan fingerprint density at radius 1 is 1.04 bits per heavy atom. The second-order valence-corrected chi connectivity index (χ2v) is 8.17. The third-order valence-electron chi connectivity index (χ3n) is 5.99. The molecule has 1 aliphatic heterocycles. The van der Waals surface area contributed by atoms with Gasteiger partial charge in [-0.1, -0.05) is 38.0 Å². The van der Waals surface area contributed by atoms with Gasteiger partial charge in [-0.3, -0.25) is 9.59 Å². The van der Waals surface area contributed by atoms with Gasteiger partial charge in [-0.25, -0.2) is 4.79 Å². The summed E-state index contributed by atoms with van der Waals surface area (Å²) >= 11 is 0. The maximum absolute atomic E-state index is 12.5. The number of carbonyl (C=O) groups excluding carboxylic acids is 3. The molecule has 0 spiro atoms. The van der Waals surface area contributed by atoms with Gasteiger partial charge < -0.3 is 4.84 Å². The van der Waals surface area contributed by atoms with Crippen LogP contribution in [0.4, 0.5) is 0 Å². The van der Waals surface area contributed by atoms with Gasteiger partial charge in [-0.15, -0.1) is 0 Å². The van der Waals surface area contributed by atoms with Gasteiger partial charge in [0.25, 0.3) is 11.8 Å². The van der Waals surface area contributed by atoms with Crippen LogP contribution in [0.2, 0.25) is 0 Å². The number of hydrogen-bond acceptors (Lipinski definition) is 4. The van der Waals surface area contributed by atoms with Crippen molar-refractivity contribution in [2.75, 3.05) is 0 Å². The van der Waals surface area contributed by atoms with Gasteiger partial charge in [0.1, 0.15) is 0 Å². The van der Waals surface area contributed by atoms with Gasteiger partial charge in [0.05, 0.1) is 16.5 Å². The zero-order valence-electron chi connectivity index (χ0n) is 13.5. The second kappa shape index (κ2) is 4.02. The van der Waals surface area contributed by atoms with Gasteiger partial charge in [-0.05, 0) is 42.2 Å². The normalized spacial score (nSPS) is 31.3. The van der Waals surface area contributed by atoms with Crippen LogP contribution in [0.15, 0.2) is 24.3 Å². The van der Waals surface area contributed by atoms with Crippen molar-refractivity contribution in [2.24, 2.45) is 16.2 Å². The molecular weight excluding hydrogens is 294 g/mol. The third kappa shape index (κ3) is 1.65. The molecule has 1 aromatic carbocycles. The molecule has 1 aromatic rings. The average Bonchev–Trinajstić information content (AvgIpc) is 2.60. The molecule has 5 rings (SSSR count). The van der Waals surface area contributed by atoms with Gasteiger partial charge in [-0.2, -0.15) is 0 Å². The fraction of sp³-hybridized carbons (Fsp3) is 0.500. The molecule has 0 N–H and O–H groups in total. The third-order valence-corrected chi connectivity index (χ3v) is 5.99. The lowest BCUT2D eigenvalue weighted by molar-refractivity contribution is -0.273. The van der Waals surface area contributed by atoms with Crippen molar-refractivity contribution >= 4 is 17.8 Å². The van der Waals surface area contributed by atoms with E-state index in [9.17, 15) is 14.4 Å². The molecule has 1 heterocycles. The van der Waals surface area contributed by atoms with Crippen LogP contribution in [0.3, 0.4) is 0 Å². The van der Waals surface area contributed by atoms with Crippen molar-refractivity contribution < 1.29 is 19.2 Å². The quantitative estimate of drug-likeness (QED) is 0.787. The lowest BCUT2D eigenvalue weighted by Crippen LogP contribution is -2.70. The highest BCUT2D eigenvalue weighted by Gasteiger charge is 2.76. The molecule has 2 bridgehead atoms. The number of rotatable bonds is 2. The number of fused-ring (bicyclic) bond motifs is 1. The molecule has 120 valence electrons. The van der Waals surface area contributed by atoms with Gasteiger partial charge in [0.15, 0.2) is 0 Å². The Morgan fingerprint density at radius 3 is 1.96 bits per heavy atom. The van der Waals surface area contributed by atoms with Crippen molar-refractivity contribution in [3.8, 4) is 0 Å². The van der Waals surface area contributed by atoms with Crippen LogP contribution in [0.5, 0.6) is 0 Å². The molecule has 2 amide bonds. The summed E-state index contributed by atoms with van der Waals surface area (Å²) in [5.41, 5.74) is 0.435. The Labute approximate surface area is 134 Å². The standard InChI is InChI=1S/C18H19NO4/c1-16(2,3)18-8-17(9-18,10-18)15(22)23-19-13(20)11-6-4-5-7-12(11)14(19)21/h4-7H,8-10H2,1-3H3. The zero-order chi connectivity index (χ0) is 16.6. The van der Waals surface area contributed by atoms with E-state index in [-0.39, 0.29) is 22.0 Å².